The molecule has 0 spiro atoms. The van der Waals surface area contributed by atoms with Gasteiger partial charge in [0.1, 0.15) is 12.4 Å². The molecule has 108 valence electrons. The molecule has 3 aromatic rings. The first-order valence-electron chi connectivity index (χ1n) is 7.54. The molecule has 0 bridgehead atoms. The van der Waals surface area contributed by atoms with E-state index in [1.165, 1.54) is 16.6 Å². The van der Waals surface area contributed by atoms with Gasteiger partial charge in [0, 0.05) is 42.8 Å². The zero-order chi connectivity index (χ0) is 15.4. The maximum Gasteiger partial charge on any atom is 0.558 e. The van der Waals surface area contributed by atoms with Crippen LogP contribution in [-0.4, -0.2) is 20.9 Å². The molecule has 3 rings (SSSR count). The van der Waals surface area contributed by atoms with Gasteiger partial charge in [0.15, 0.2) is 0 Å². The molecule has 2 aromatic carbocycles. The van der Waals surface area contributed by atoms with Gasteiger partial charge in [-0.2, -0.15) is 0 Å². The molecule has 0 atom stereocenters. The van der Waals surface area contributed by atoms with Gasteiger partial charge < -0.3 is 4.90 Å². The SMILES string of the molecule is CN(C)c1cc[n+](B(c2ccccc2)c2ccccc2)cc1. The lowest BCUT2D eigenvalue weighted by Crippen LogP contribution is -2.65. The predicted molar refractivity (Wildman–Crippen MR) is 94.3 cm³/mol. The van der Waals surface area contributed by atoms with Crippen molar-refractivity contribution in [3.05, 3.63) is 85.2 Å². The van der Waals surface area contributed by atoms with E-state index in [0.717, 1.165) is 0 Å². The van der Waals surface area contributed by atoms with Gasteiger partial charge >= 0.3 is 6.85 Å². The van der Waals surface area contributed by atoms with Crippen LogP contribution in [0.5, 0.6) is 0 Å². The fraction of sp³-hybridized carbons (Fsp3) is 0.105. The van der Waals surface area contributed by atoms with Crippen molar-refractivity contribution in [1.82, 2.24) is 0 Å². The van der Waals surface area contributed by atoms with Gasteiger partial charge in [-0.3, -0.25) is 4.48 Å². The van der Waals surface area contributed by atoms with E-state index in [0.29, 0.717) is 0 Å². The summed E-state index contributed by atoms with van der Waals surface area (Å²) in [6.07, 6.45) is 4.31. The van der Waals surface area contributed by atoms with Crippen LogP contribution < -0.4 is 20.3 Å². The average molecular weight is 287 g/mol. The van der Waals surface area contributed by atoms with Gasteiger partial charge in [0.25, 0.3) is 0 Å². The predicted octanol–water partition coefficient (Wildman–Crippen LogP) is 1.69. The van der Waals surface area contributed by atoms with Gasteiger partial charge in [0.2, 0.25) is 0 Å². The number of pyridine rings is 1. The molecule has 1 aromatic heterocycles. The van der Waals surface area contributed by atoms with E-state index < -0.39 is 0 Å². The number of hydrogen-bond acceptors (Lipinski definition) is 1. The molecule has 0 N–H and O–H groups in total. The second-order valence-corrected chi connectivity index (χ2v) is 5.62. The van der Waals surface area contributed by atoms with Crippen LogP contribution in [0.2, 0.25) is 0 Å². The summed E-state index contributed by atoms with van der Waals surface area (Å²) in [6, 6.07) is 25.6. The molecule has 22 heavy (non-hydrogen) atoms. The monoisotopic (exact) mass is 287 g/mol. The molecule has 0 aliphatic rings. The third kappa shape index (κ3) is 3.04. The molecular weight excluding hydrogens is 267 g/mol. The van der Waals surface area contributed by atoms with Crippen molar-refractivity contribution in [3.63, 3.8) is 0 Å². The van der Waals surface area contributed by atoms with Crippen LogP contribution in [0.1, 0.15) is 0 Å². The van der Waals surface area contributed by atoms with E-state index in [-0.39, 0.29) is 6.85 Å². The van der Waals surface area contributed by atoms with Crippen LogP contribution in [0.25, 0.3) is 0 Å². The summed E-state index contributed by atoms with van der Waals surface area (Å²) in [5.41, 5.74) is 3.78. The molecule has 0 unspecified atom stereocenters. The summed E-state index contributed by atoms with van der Waals surface area (Å²) in [7, 11) is 4.12. The third-order valence-electron chi connectivity index (χ3n) is 3.88. The minimum atomic E-state index is 0.193. The van der Waals surface area contributed by atoms with Gasteiger partial charge in [0.05, 0.1) is 0 Å². The van der Waals surface area contributed by atoms with E-state index in [9.17, 15) is 0 Å². The molecule has 1 heterocycles. The molecule has 3 heteroatoms. The second kappa shape index (κ2) is 6.48. The Hall–Kier alpha value is -2.55. The Bertz CT molecular complexity index is 670. The van der Waals surface area contributed by atoms with Crippen LogP contribution in [0.4, 0.5) is 5.69 Å². The number of anilines is 1. The molecule has 0 radical (unpaired) electrons. The number of hydrogen-bond donors (Lipinski definition) is 0. The van der Waals surface area contributed by atoms with Crippen molar-refractivity contribution < 1.29 is 4.48 Å². The molecule has 0 fully saturated rings. The third-order valence-corrected chi connectivity index (χ3v) is 3.88. The average Bonchev–Trinajstić information content (AvgIpc) is 2.57. The van der Waals surface area contributed by atoms with Gasteiger partial charge in [-0.15, -0.1) is 0 Å². The molecule has 2 nitrogen and oxygen atoms in total. The van der Waals surface area contributed by atoms with Crippen molar-refractivity contribution in [1.29, 1.82) is 0 Å². The molecular formula is C19H20BN2+. The van der Waals surface area contributed by atoms with Crippen LogP contribution in [0.15, 0.2) is 85.2 Å². The fourth-order valence-electron chi connectivity index (χ4n) is 2.71. The van der Waals surface area contributed by atoms with Crippen molar-refractivity contribution in [2.24, 2.45) is 0 Å². The number of nitrogens with zero attached hydrogens (tertiary/aromatic N) is 2. The fourth-order valence-corrected chi connectivity index (χ4v) is 2.71. The molecule has 0 saturated heterocycles. The van der Waals surface area contributed by atoms with Crippen molar-refractivity contribution >= 4 is 23.5 Å². The first-order chi connectivity index (χ1) is 10.8. The summed E-state index contributed by atoms with van der Waals surface area (Å²) in [5, 5.41) is 0. The Kier molecular flexibility index (Phi) is 4.24. The topological polar surface area (TPSA) is 7.12 Å². The Balaban J connectivity index is 2.06. The quantitative estimate of drug-likeness (QED) is 0.662. The van der Waals surface area contributed by atoms with Crippen LogP contribution in [0, 0.1) is 0 Å². The first-order valence-corrected chi connectivity index (χ1v) is 7.54. The van der Waals surface area contributed by atoms with Crippen molar-refractivity contribution in [3.8, 4) is 0 Å². The second-order valence-electron chi connectivity index (χ2n) is 5.62. The van der Waals surface area contributed by atoms with E-state index in [1.54, 1.807) is 0 Å². The van der Waals surface area contributed by atoms with Crippen molar-refractivity contribution in [2.75, 3.05) is 19.0 Å². The minimum Gasteiger partial charge on any atom is -0.377 e. The van der Waals surface area contributed by atoms with E-state index >= 15 is 0 Å². The first kappa shape index (κ1) is 14.4. The zero-order valence-electron chi connectivity index (χ0n) is 13.1. The van der Waals surface area contributed by atoms with Gasteiger partial charge in [-0.25, -0.2) is 0 Å². The molecule has 0 amide bonds. The minimum absolute atomic E-state index is 0.193. The van der Waals surface area contributed by atoms with Crippen LogP contribution in [0.3, 0.4) is 0 Å². The number of aromatic nitrogens is 1. The van der Waals surface area contributed by atoms with Crippen LogP contribution in [-0.2, 0) is 0 Å². The Morgan fingerprint density at radius 1 is 0.682 bits per heavy atom. The Morgan fingerprint density at radius 3 is 1.55 bits per heavy atom. The highest BCUT2D eigenvalue weighted by atomic mass is 15.1. The smallest absolute Gasteiger partial charge is 0.377 e. The van der Waals surface area contributed by atoms with Gasteiger partial charge in [-0.1, -0.05) is 60.7 Å². The number of benzene rings is 2. The molecule has 0 saturated carbocycles. The molecule has 0 aliphatic heterocycles. The summed E-state index contributed by atoms with van der Waals surface area (Å²) >= 11 is 0. The highest BCUT2D eigenvalue weighted by Gasteiger charge is 2.33. The van der Waals surface area contributed by atoms with Crippen molar-refractivity contribution in [2.45, 2.75) is 0 Å². The van der Waals surface area contributed by atoms with E-state index in [1.807, 2.05) is 0 Å². The number of rotatable bonds is 4. The van der Waals surface area contributed by atoms with Gasteiger partial charge in [-0.05, 0) is 0 Å². The highest BCUT2D eigenvalue weighted by Crippen LogP contribution is 2.06. The normalized spacial score (nSPS) is 10.3. The Labute approximate surface area is 132 Å². The summed E-state index contributed by atoms with van der Waals surface area (Å²) < 4.78 is 2.26. The summed E-state index contributed by atoms with van der Waals surface area (Å²) in [4.78, 5) is 2.12. The lowest BCUT2D eigenvalue weighted by Gasteiger charge is -2.13. The van der Waals surface area contributed by atoms with Crippen LogP contribution >= 0.6 is 0 Å². The zero-order valence-corrected chi connectivity index (χ0v) is 13.1. The summed E-state index contributed by atoms with van der Waals surface area (Å²) in [6.45, 7) is 0.193. The maximum atomic E-state index is 2.26. The van der Waals surface area contributed by atoms with E-state index in [2.05, 4.69) is 109 Å². The van der Waals surface area contributed by atoms with E-state index in [4.69, 9.17) is 0 Å². The lowest BCUT2D eigenvalue weighted by molar-refractivity contribution is -0.532. The lowest BCUT2D eigenvalue weighted by atomic mass is 9.50. The highest BCUT2D eigenvalue weighted by molar-refractivity contribution is 6.78. The summed E-state index contributed by atoms with van der Waals surface area (Å²) in [5.74, 6) is 0. The molecule has 0 aliphatic carbocycles. The Morgan fingerprint density at radius 2 is 1.14 bits per heavy atom. The largest absolute Gasteiger partial charge is 0.558 e. The maximum absolute atomic E-state index is 2.26. The standard InChI is InChI=1S/C19H20BN2/c1-21(2)19-13-15-22(16-14-19)20(17-9-5-3-6-10-17)18-11-7-4-8-12-18/h3-16H,1-2H3/q+1.